The standard InChI is InChI=1S/C12H15BrN4O3S/c1-3-6(2)15-10(18)8-4-7(13)5-14-9(8)16-11(21)17-12(19)20/h4-6H,3H2,1-2H3,(H,15,18)(H,19,20)(H2,14,16,17,21). The van der Waals surface area contributed by atoms with Crippen LogP contribution in [0.2, 0.25) is 0 Å². The molecule has 0 saturated heterocycles. The molecule has 0 aliphatic carbocycles. The van der Waals surface area contributed by atoms with E-state index in [0.717, 1.165) is 6.42 Å². The van der Waals surface area contributed by atoms with Crippen molar-refractivity contribution < 1.29 is 14.7 Å². The first-order valence-corrected chi connectivity index (χ1v) is 7.31. The number of nitrogens with zero attached hydrogens (tertiary/aromatic N) is 1. The fourth-order valence-electron chi connectivity index (χ4n) is 1.35. The highest BCUT2D eigenvalue weighted by molar-refractivity contribution is 9.10. The molecular formula is C12H15BrN4O3S. The molecule has 0 saturated carbocycles. The average Bonchev–Trinajstić information content (AvgIpc) is 2.39. The van der Waals surface area contributed by atoms with E-state index in [1.165, 1.54) is 6.20 Å². The van der Waals surface area contributed by atoms with Crippen LogP contribution in [0.5, 0.6) is 0 Å². The van der Waals surface area contributed by atoms with Crippen molar-refractivity contribution >= 4 is 51.1 Å². The van der Waals surface area contributed by atoms with E-state index >= 15 is 0 Å². The first-order valence-electron chi connectivity index (χ1n) is 6.10. The number of amides is 2. The topological polar surface area (TPSA) is 103 Å². The van der Waals surface area contributed by atoms with E-state index in [2.05, 4.69) is 31.5 Å². The number of anilines is 1. The Balaban J connectivity index is 2.96. The highest BCUT2D eigenvalue weighted by Gasteiger charge is 2.16. The molecule has 1 unspecified atom stereocenters. The number of carboxylic acid groups (broad SMARTS) is 1. The first kappa shape index (κ1) is 17.3. The van der Waals surface area contributed by atoms with E-state index in [4.69, 9.17) is 17.3 Å². The number of pyridine rings is 1. The number of hydrogen-bond donors (Lipinski definition) is 4. The van der Waals surface area contributed by atoms with Crippen molar-refractivity contribution in [2.75, 3.05) is 5.32 Å². The van der Waals surface area contributed by atoms with Gasteiger partial charge in [0, 0.05) is 16.7 Å². The molecule has 4 N–H and O–H groups in total. The molecule has 0 bridgehead atoms. The molecule has 0 aliphatic rings. The van der Waals surface area contributed by atoms with Crippen LogP contribution in [0.15, 0.2) is 16.7 Å². The zero-order valence-corrected chi connectivity index (χ0v) is 13.8. The van der Waals surface area contributed by atoms with Crippen LogP contribution < -0.4 is 16.0 Å². The van der Waals surface area contributed by atoms with Gasteiger partial charge in [0.25, 0.3) is 5.91 Å². The van der Waals surface area contributed by atoms with Gasteiger partial charge in [-0.15, -0.1) is 0 Å². The van der Waals surface area contributed by atoms with Gasteiger partial charge in [-0.3, -0.25) is 10.1 Å². The molecule has 0 fully saturated rings. The SMILES string of the molecule is CCC(C)NC(=O)c1cc(Br)cnc1NC(=S)NC(=O)O. The number of aromatic nitrogens is 1. The minimum absolute atomic E-state index is 0.00780. The summed E-state index contributed by atoms with van der Waals surface area (Å²) in [6, 6.07) is 1.59. The van der Waals surface area contributed by atoms with Crippen LogP contribution in [0.25, 0.3) is 0 Å². The fourth-order valence-corrected chi connectivity index (χ4v) is 1.87. The normalized spacial score (nSPS) is 11.4. The van der Waals surface area contributed by atoms with Gasteiger partial charge in [0.05, 0.1) is 5.56 Å². The second-order valence-electron chi connectivity index (χ2n) is 4.22. The number of thiocarbonyl (C=S) groups is 1. The summed E-state index contributed by atoms with van der Waals surface area (Å²) in [5.74, 6) is -0.142. The summed E-state index contributed by atoms with van der Waals surface area (Å²) in [6.07, 6.45) is 0.968. The van der Waals surface area contributed by atoms with Crippen LogP contribution in [-0.4, -0.2) is 33.2 Å². The molecule has 1 aromatic rings. The van der Waals surface area contributed by atoms with Gasteiger partial charge >= 0.3 is 6.09 Å². The van der Waals surface area contributed by atoms with E-state index in [0.29, 0.717) is 4.47 Å². The molecule has 0 aliphatic heterocycles. The number of carbonyl (C=O) groups is 2. The third-order valence-corrected chi connectivity index (χ3v) is 3.18. The lowest BCUT2D eigenvalue weighted by atomic mass is 10.2. The maximum atomic E-state index is 12.2. The summed E-state index contributed by atoms with van der Waals surface area (Å²) in [5, 5.41) is 15.8. The van der Waals surface area contributed by atoms with Gasteiger partial charge < -0.3 is 15.7 Å². The van der Waals surface area contributed by atoms with Gasteiger partial charge in [0.2, 0.25) is 0 Å². The van der Waals surface area contributed by atoms with E-state index in [9.17, 15) is 9.59 Å². The zero-order chi connectivity index (χ0) is 16.0. The van der Waals surface area contributed by atoms with Crippen molar-refractivity contribution in [3.05, 3.63) is 22.3 Å². The lowest BCUT2D eigenvalue weighted by molar-refractivity contribution is 0.0939. The third kappa shape index (κ3) is 5.64. The number of halogens is 1. The second kappa shape index (κ2) is 7.89. The van der Waals surface area contributed by atoms with Gasteiger partial charge in [-0.1, -0.05) is 6.92 Å². The first-order chi connectivity index (χ1) is 9.83. The molecule has 1 rings (SSSR count). The summed E-state index contributed by atoms with van der Waals surface area (Å²) in [4.78, 5) is 26.8. The van der Waals surface area contributed by atoms with Crippen LogP contribution in [0, 0.1) is 0 Å². The molecule has 2 amide bonds. The zero-order valence-electron chi connectivity index (χ0n) is 11.4. The van der Waals surface area contributed by atoms with Gasteiger partial charge in [-0.25, -0.2) is 9.78 Å². The van der Waals surface area contributed by atoms with Crippen molar-refractivity contribution in [2.45, 2.75) is 26.3 Å². The molecule has 114 valence electrons. The highest BCUT2D eigenvalue weighted by atomic mass is 79.9. The van der Waals surface area contributed by atoms with Crippen molar-refractivity contribution in [1.29, 1.82) is 0 Å². The van der Waals surface area contributed by atoms with Crippen LogP contribution in [0.4, 0.5) is 10.6 Å². The van der Waals surface area contributed by atoms with Crippen LogP contribution >= 0.6 is 28.1 Å². The number of nitrogens with one attached hydrogen (secondary N) is 3. The Labute approximate surface area is 135 Å². The molecule has 1 aromatic heterocycles. The highest BCUT2D eigenvalue weighted by Crippen LogP contribution is 2.18. The average molecular weight is 375 g/mol. The third-order valence-electron chi connectivity index (χ3n) is 2.54. The Hall–Kier alpha value is -1.74. The molecule has 9 heteroatoms. The number of rotatable bonds is 4. The Morgan fingerprint density at radius 2 is 2.19 bits per heavy atom. The molecule has 0 radical (unpaired) electrons. The molecule has 0 aromatic carbocycles. The summed E-state index contributed by atoms with van der Waals surface area (Å²) in [6.45, 7) is 3.84. The van der Waals surface area contributed by atoms with Gasteiger partial charge in [-0.2, -0.15) is 0 Å². The quantitative estimate of drug-likeness (QED) is 0.603. The lowest BCUT2D eigenvalue weighted by Gasteiger charge is -2.15. The number of hydrogen-bond acceptors (Lipinski definition) is 4. The maximum Gasteiger partial charge on any atom is 0.410 e. The largest absolute Gasteiger partial charge is 0.465 e. The predicted octanol–water partition coefficient (Wildman–Crippen LogP) is 2.34. The molecule has 1 heterocycles. The van der Waals surface area contributed by atoms with Crippen molar-refractivity contribution in [1.82, 2.24) is 15.6 Å². The van der Waals surface area contributed by atoms with E-state index in [1.807, 2.05) is 19.2 Å². The lowest BCUT2D eigenvalue weighted by Crippen LogP contribution is -2.35. The van der Waals surface area contributed by atoms with Gasteiger partial charge in [-0.05, 0) is 47.6 Å². The van der Waals surface area contributed by atoms with Gasteiger partial charge in [0.15, 0.2) is 5.11 Å². The Morgan fingerprint density at radius 3 is 2.76 bits per heavy atom. The fraction of sp³-hybridized carbons (Fsp3) is 0.333. The Morgan fingerprint density at radius 1 is 1.52 bits per heavy atom. The smallest absolute Gasteiger partial charge is 0.410 e. The Kier molecular flexibility index (Phi) is 6.50. The second-order valence-corrected chi connectivity index (χ2v) is 5.54. The van der Waals surface area contributed by atoms with E-state index in [-0.39, 0.29) is 28.4 Å². The van der Waals surface area contributed by atoms with Crippen molar-refractivity contribution in [2.24, 2.45) is 0 Å². The van der Waals surface area contributed by atoms with Crippen LogP contribution in [0.3, 0.4) is 0 Å². The molecule has 7 nitrogen and oxygen atoms in total. The van der Waals surface area contributed by atoms with Gasteiger partial charge in [0.1, 0.15) is 5.82 Å². The van der Waals surface area contributed by atoms with Crippen molar-refractivity contribution in [3.8, 4) is 0 Å². The maximum absolute atomic E-state index is 12.2. The van der Waals surface area contributed by atoms with E-state index in [1.54, 1.807) is 6.07 Å². The minimum atomic E-state index is -1.30. The minimum Gasteiger partial charge on any atom is -0.465 e. The monoisotopic (exact) mass is 374 g/mol. The molecule has 1 atom stereocenters. The molecular weight excluding hydrogens is 360 g/mol. The predicted molar refractivity (Wildman–Crippen MR) is 86.5 cm³/mol. The van der Waals surface area contributed by atoms with E-state index < -0.39 is 6.09 Å². The molecule has 21 heavy (non-hydrogen) atoms. The molecule has 0 spiro atoms. The van der Waals surface area contributed by atoms with Crippen LogP contribution in [-0.2, 0) is 0 Å². The van der Waals surface area contributed by atoms with Crippen molar-refractivity contribution in [3.63, 3.8) is 0 Å². The van der Waals surface area contributed by atoms with Crippen LogP contribution in [0.1, 0.15) is 30.6 Å². The Bertz CT molecular complexity index is 567. The summed E-state index contributed by atoms with van der Waals surface area (Å²) >= 11 is 8.06. The number of carbonyl (C=O) groups excluding carboxylic acids is 1. The summed E-state index contributed by atoms with van der Waals surface area (Å²) in [5.41, 5.74) is 0.263. The summed E-state index contributed by atoms with van der Waals surface area (Å²) < 4.78 is 0.625. The summed E-state index contributed by atoms with van der Waals surface area (Å²) in [7, 11) is 0.